The molecule has 0 atom stereocenters. The summed E-state index contributed by atoms with van der Waals surface area (Å²) in [6.07, 6.45) is 0.426. The molecule has 0 unspecified atom stereocenters. The summed E-state index contributed by atoms with van der Waals surface area (Å²) in [5.41, 5.74) is 8.90. The minimum Gasteiger partial charge on any atom is -0.461 e. The zero-order chi connectivity index (χ0) is 19.3. The third-order valence-electron chi connectivity index (χ3n) is 4.17. The van der Waals surface area contributed by atoms with E-state index in [2.05, 4.69) is 4.98 Å². The fourth-order valence-corrected chi connectivity index (χ4v) is 3.32. The van der Waals surface area contributed by atoms with E-state index in [9.17, 15) is 20.1 Å². The average molecular weight is 383 g/mol. The molecule has 1 heterocycles. The molecule has 0 amide bonds. The Hall–Kier alpha value is -1.90. The molecular formula is C18H23ClN2O5. The largest absolute Gasteiger partial charge is 0.461 e. The number of carbonyl (C=O) groups excluding carboxylic acids is 1. The quantitative estimate of drug-likeness (QED) is 0.440. The molecule has 142 valence electrons. The van der Waals surface area contributed by atoms with Crippen LogP contribution in [0.2, 0.25) is 5.02 Å². The lowest BCUT2D eigenvalue weighted by molar-refractivity contribution is 0.0520. The molecule has 1 aromatic heterocycles. The molecule has 8 heteroatoms. The highest BCUT2D eigenvalue weighted by molar-refractivity contribution is 6.36. The third kappa shape index (κ3) is 3.77. The van der Waals surface area contributed by atoms with Crippen molar-refractivity contribution in [2.24, 2.45) is 5.73 Å². The third-order valence-corrected chi connectivity index (χ3v) is 4.55. The van der Waals surface area contributed by atoms with Crippen molar-refractivity contribution in [3.63, 3.8) is 0 Å². The SMILES string of the molecule is CCOC(=O)c1[nH]c(CCN)c(-c2ccc(CO)c(CO)c2CO)c1Cl. The lowest BCUT2D eigenvalue weighted by atomic mass is 9.92. The fraction of sp³-hybridized carbons (Fsp3) is 0.389. The molecule has 0 bridgehead atoms. The molecule has 0 radical (unpaired) electrons. The number of rotatable bonds is 8. The number of carbonyl (C=O) groups is 1. The van der Waals surface area contributed by atoms with Crippen LogP contribution < -0.4 is 5.73 Å². The van der Waals surface area contributed by atoms with Crippen molar-refractivity contribution >= 4 is 17.6 Å². The topological polar surface area (TPSA) is 129 Å². The highest BCUT2D eigenvalue weighted by Gasteiger charge is 2.25. The number of aliphatic hydroxyl groups excluding tert-OH is 3. The number of H-pyrrole nitrogens is 1. The monoisotopic (exact) mass is 382 g/mol. The van der Waals surface area contributed by atoms with E-state index in [1.807, 2.05) is 0 Å². The Kier molecular flexibility index (Phi) is 7.19. The smallest absolute Gasteiger partial charge is 0.356 e. The van der Waals surface area contributed by atoms with Gasteiger partial charge in [-0.15, -0.1) is 0 Å². The molecular weight excluding hydrogens is 360 g/mol. The van der Waals surface area contributed by atoms with E-state index in [1.54, 1.807) is 19.1 Å². The Morgan fingerprint density at radius 2 is 1.88 bits per heavy atom. The van der Waals surface area contributed by atoms with E-state index < -0.39 is 5.97 Å². The summed E-state index contributed by atoms with van der Waals surface area (Å²) in [6, 6.07) is 3.35. The standard InChI is InChI=1S/C18H23ClN2O5/c1-2-26-18(25)17-16(19)15(14(21-17)5-6-20)11-4-3-10(7-22)12(8-23)13(11)9-24/h3-4,21-24H,2,5-9,20H2,1H3. The van der Waals surface area contributed by atoms with E-state index in [-0.39, 0.29) is 37.1 Å². The van der Waals surface area contributed by atoms with E-state index in [4.69, 9.17) is 22.1 Å². The molecule has 0 fully saturated rings. The highest BCUT2D eigenvalue weighted by atomic mass is 35.5. The van der Waals surface area contributed by atoms with Crippen molar-refractivity contribution in [3.05, 3.63) is 45.2 Å². The van der Waals surface area contributed by atoms with Crippen LogP contribution in [0.1, 0.15) is 39.8 Å². The second-order valence-electron chi connectivity index (χ2n) is 5.63. The number of aliphatic hydroxyl groups is 3. The molecule has 26 heavy (non-hydrogen) atoms. The van der Waals surface area contributed by atoms with Crippen LogP contribution in [0.4, 0.5) is 0 Å². The van der Waals surface area contributed by atoms with Gasteiger partial charge in [-0.1, -0.05) is 23.7 Å². The van der Waals surface area contributed by atoms with E-state index >= 15 is 0 Å². The fourth-order valence-electron chi connectivity index (χ4n) is 2.98. The first-order chi connectivity index (χ1) is 12.5. The Balaban J connectivity index is 2.73. The average Bonchev–Trinajstić information content (AvgIpc) is 2.96. The van der Waals surface area contributed by atoms with Gasteiger partial charge < -0.3 is 30.8 Å². The first-order valence-corrected chi connectivity index (χ1v) is 8.65. The van der Waals surface area contributed by atoms with Crippen LogP contribution in [0.15, 0.2) is 12.1 Å². The molecule has 0 aliphatic carbocycles. The van der Waals surface area contributed by atoms with Gasteiger partial charge >= 0.3 is 5.97 Å². The van der Waals surface area contributed by atoms with E-state index in [0.29, 0.717) is 46.5 Å². The van der Waals surface area contributed by atoms with Gasteiger partial charge in [0.15, 0.2) is 0 Å². The highest BCUT2D eigenvalue weighted by Crippen LogP contribution is 2.39. The minimum absolute atomic E-state index is 0.118. The Bertz CT molecular complexity index is 788. The van der Waals surface area contributed by atoms with Crippen molar-refractivity contribution in [1.82, 2.24) is 4.98 Å². The molecule has 0 saturated heterocycles. The molecule has 7 nitrogen and oxygen atoms in total. The summed E-state index contributed by atoms with van der Waals surface area (Å²) < 4.78 is 5.02. The Morgan fingerprint density at radius 1 is 1.19 bits per heavy atom. The molecule has 1 aromatic carbocycles. The maximum atomic E-state index is 12.2. The lowest BCUT2D eigenvalue weighted by Crippen LogP contribution is -2.07. The van der Waals surface area contributed by atoms with Crippen LogP contribution in [0, 0.1) is 0 Å². The second kappa shape index (κ2) is 9.16. The zero-order valence-electron chi connectivity index (χ0n) is 14.5. The van der Waals surface area contributed by atoms with Gasteiger partial charge in [-0.2, -0.15) is 0 Å². The number of aromatic nitrogens is 1. The van der Waals surface area contributed by atoms with Crippen LogP contribution >= 0.6 is 11.6 Å². The van der Waals surface area contributed by atoms with Crippen LogP contribution in [-0.4, -0.2) is 39.4 Å². The maximum absolute atomic E-state index is 12.2. The van der Waals surface area contributed by atoms with Crippen molar-refractivity contribution in [2.75, 3.05) is 13.2 Å². The molecule has 0 saturated carbocycles. The molecule has 6 N–H and O–H groups in total. The van der Waals surface area contributed by atoms with Gasteiger partial charge in [0.2, 0.25) is 0 Å². The van der Waals surface area contributed by atoms with Gasteiger partial charge in [0.1, 0.15) is 5.69 Å². The summed E-state index contributed by atoms with van der Waals surface area (Å²) in [6.45, 7) is 1.24. The zero-order valence-corrected chi connectivity index (χ0v) is 15.3. The lowest BCUT2D eigenvalue weighted by Gasteiger charge is -2.16. The van der Waals surface area contributed by atoms with Crippen molar-refractivity contribution < 1.29 is 24.9 Å². The van der Waals surface area contributed by atoms with Gasteiger partial charge in [0.05, 0.1) is 31.5 Å². The van der Waals surface area contributed by atoms with Crippen LogP contribution in [0.5, 0.6) is 0 Å². The number of halogens is 1. The summed E-state index contributed by atoms with van der Waals surface area (Å²) in [7, 11) is 0. The van der Waals surface area contributed by atoms with E-state index in [1.165, 1.54) is 0 Å². The number of ether oxygens (including phenoxy) is 1. The summed E-state index contributed by atoms with van der Waals surface area (Å²) in [5, 5.41) is 29.2. The first kappa shape index (κ1) is 20.4. The normalized spacial score (nSPS) is 11.0. The van der Waals surface area contributed by atoms with Crippen molar-refractivity contribution in [1.29, 1.82) is 0 Å². The number of nitrogens with two attached hydrogens (primary N) is 1. The van der Waals surface area contributed by atoms with Crippen molar-refractivity contribution in [3.8, 4) is 11.1 Å². The number of nitrogens with one attached hydrogen (secondary N) is 1. The summed E-state index contributed by atoms with van der Waals surface area (Å²) in [4.78, 5) is 15.1. The number of benzene rings is 1. The minimum atomic E-state index is -0.582. The second-order valence-corrected chi connectivity index (χ2v) is 6.01. The van der Waals surface area contributed by atoms with Gasteiger partial charge in [0, 0.05) is 17.7 Å². The number of hydrogen-bond donors (Lipinski definition) is 5. The summed E-state index contributed by atoms with van der Waals surface area (Å²) in [5.74, 6) is -0.582. The van der Waals surface area contributed by atoms with Crippen LogP contribution in [0.3, 0.4) is 0 Å². The van der Waals surface area contributed by atoms with Crippen LogP contribution in [-0.2, 0) is 31.0 Å². The molecule has 2 aromatic rings. The number of hydrogen-bond acceptors (Lipinski definition) is 6. The molecule has 0 aliphatic rings. The maximum Gasteiger partial charge on any atom is 0.356 e. The number of aromatic amines is 1. The summed E-state index contributed by atoms with van der Waals surface area (Å²) >= 11 is 6.46. The predicted octanol–water partition coefficient (Wildman–Crippen LogP) is 1.49. The first-order valence-electron chi connectivity index (χ1n) is 8.27. The van der Waals surface area contributed by atoms with E-state index in [0.717, 1.165) is 0 Å². The molecule has 0 spiro atoms. The van der Waals surface area contributed by atoms with Crippen molar-refractivity contribution in [2.45, 2.75) is 33.2 Å². The van der Waals surface area contributed by atoms with Crippen LogP contribution in [0.25, 0.3) is 11.1 Å². The van der Waals surface area contributed by atoms with Gasteiger partial charge in [-0.3, -0.25) is 0 Å². The van der Waals surface area contributed by atoms with Gasteiger partial charge in [-0.25, -0.2) is 4.79 Å². The van der Waals surface area contributed by atoms with Gasteiger partial charge in [-0.05, 0) is 35.7 Å². The Labute approximate surface area is 156 Å². The molecule has 2 rings (SSSR count). The Morgan fingerprint density at radius 3 is 2.42 bits per heavy atom. The molecule has 0 aliphatic heterocycles. The van der Waals surface area contributed by atoms with Gasteiger partial charge in [0.25, 0.3) is 0 Å². The predicted molar refractivity (Wildman–Crippen MR) is 97.7 cm³/mol. The number of esters is 1.